The maximum atomic E-state index is 13.3. The summed E-state index contributed by atoms with van der Waals surface area (Å²) < 4.78 is 19.6. The first kappa shape index (κ1) is 15.0. The second-order valence-corrected chi connectivity index (χ2v) is 6.13. The van der Waals surface area contributed by atoms with Crippen molar-refractivity contribution >= 4 is 38.9 Å². The van der Waals surface area contributed by atoms with Crippen molar-refractivity contribution in [3.8, 4) is 5.75 Å². The van der Waals surface area contributed by atoms with E-state index in [1.807, 2.05) is 13.8 Å². The van der Waals surface area contributed by atoms with Crippen molar-refractivity contribution in [3.63, 3.8) is 0 Å². The van der Waals surface area contributed by atoms with Gasteiger partial charge in [-0.15, -0.1) is 11.3 Å². The molecule has 0 fully saturated rings. The first-order valence-electron chi connectivity index (χ1n) is 5.98. The van der Waals surface area contributed by atoms with Gasteiger partial charge >= 0.3 is 0 Å². The molecular weight excluding hydrogens is 345 g/mol. The van der Waals surface area contributed by atoms with Gasteiger partial charge in [0.1, 0.15) is 16.4 Å². The molecule has 106 valence electrons. The standard InChI is InChI=1S/C14H13BrFNO2S/c1-8(2)19-12-4-3-9(16)7-11(12)17-14(18)13-10(15)5-6-20-13/h3-8H,1-2H3,(H,17,18). The first-order valence-corrected chi connectivity index (χ1v) is 7.65. The highest BCUT2D eigenvalue weighted by molar-refractivity contribution is 9.10. The third-order valence-corrected chi connectivity index (χ3v) is 4.21. The molecule has 1 aromatic heterocycles. The Kier molecular flexibility index (Phi) is 4.77. The first-order chi connectivity index (χ1) is 9.47. The van der Waals surface area contributed by atoms with Crippen molar-refractivity contribution in [1.82, 2.24) is 0 Å². The van der Waals surface area contributed by atoms with E-state index < -0.39 is 5.82 Å². The van der Waals surface area contributed by atoms with E-state index in [0.29, 0.717) is 20.8 Å². The van der Waals surface area contributed by atoms with Gasteiger partial charge in [0.25, 0.3) is 5.91 Å². The minimum Gasteiger partial charge on any atom is -0.489 e. The summed E-state index contributed by atoms with van der Waals surface area (Å²) in [5.74, 6) is -0.282. The molecule has 0 bridgehead atoms. The second-order valence-electron chi connectivity index (χ2n) is 4.36. The maximum absolute atomic E-state index is 13.3. The fraction of sp³-hybridized carbons (Fsp3) is 0.214. The molecule has 0 atom stereocenters. The van der Waals surface area contributed by atoms with Gasteiger partial charge in [0.05, 0.1) is 11.8 Å². The van der Waals surface area contributed by atoms with Crippen LogP contribution in [0.25, 0.3) is 0 Å². The highest BCUT2D eigenvalue weighted by Gasteiger charge is 2.15. The maximum Gasteiger partial charge on any atom is 0.266 e. The summed E-state index contributed by atoms with van der Waals surface area (Å²) in [5, 5.41) is 4.48. The zero-order valence-corrected chi connectivity index (χ0v) is 13.3. The fourth-order valence-electron chi connectivity index (χ4n) is 1.59. The lowest BCUT2D eigenvalue weighted by Crippen LogP contribution is -2.14. The summed E-state index contributed by atoms with van der Waals surface area (Å²) in [6.07, 6.45) is -0.0652. The molecule has 0 aliphatic carbocycles. The Morgan fingerprint density at radius 3 is 2.75 bits per heavy atom. The van der Waals surface area contributed by atoms with E-state index in [9.17, 15) is 9.18 Å². The molecule has 0 unspecified atom stereocenters. The van der Waals surface area contributed by atoms with Crippen LogP contribution >= 0.6 is 27.3 Å². The van der Waals surface area contributed by atoms with Crippen LogP contribution in [0.2, 0.25) is 0 Å². The number of carbonyl (C=O) groups excluding carboxylic acids is 1. The van der Waals surface area contributed by atoms with Crippen LogP contribution in [-0.4, -0.2) is 12.0 Å². The number of rotatable bonds is 4. The third kappa shape index (κ3) is 3.58. The van der Waals surface area contributed by atoms with Crippen LogP contribution in [0.1, 0.15) is 23.5 Å². The zero-order chi connectivity index (χ0) is 14.7. The van der Waals surface area contributed by atoms with Gasteiger partial charge < -0.3 is 10.1 Å². The molecule has 0 saturated carbocycles. The molecular formula is C14H13BrFNO2S. The van der Waals surface area contributed by atoms with Crippen molar-refractivity contribution in [2.45, 2.75) is 20.0 Å². The summed E-state index contributed by atoms with van der Waals surface area (Å²) in [6, 6.07) is 5.84. The minimum absolute atomic E-state index is 0.0652. The third-order valence-electron chi connectivity index (χ3n) is 2.38. The Morgan fingerprint density at radius 2 is 2.15 bits per heavy atom. The predicted octanol–water partition coefficient (Wildman–Crippen LogP) is 4.69. The van der Waals surface area contributed by atoms with Gasteiger partial charge in [0.15, 0.2) is 0 Å². The highest BCUT2D eigenvalue weighted by Crippen LogP contribution is 2.29. The number of nitrogens with one attached hydrogen (secondary N) is 1. The molecule has 0 spiro atoms. The lowest BCUT2D eigenvalue weighted by molar-refractivity contribution is 0.102. The Hall–Kier alpha value is -1.40. The van der Waals surface area contributed by atoms with Crippen LogP contribution in [0.3, 0.4) is 0 Å². The Morgan fingerprint density at radius 1 is 1.40 bits per heavy atom. The number of carbonyl (C=O) groups is 1. The Labute approximate surface area is 128 Å². The molecule has 20 heavy (non-hydrogen) atoms. The van der Waals surface area contributed by atoms with Gasteiger partial charge in [-0.2, -0.15) is 0 Å². The molecule has 2 aromatic rings. The van der Waals surface area contributed by atoms with E-state index in [4.69, 9.17) is 4.74 Å². The summed E-state index contributed by atoms with van der Waals surface area (Å²) in [4.78, 5) is 12.7. The quantitative estimate of drug-likeness (QED) is 0.861. The van der Waals surface area contributed by atoms with E-state index in [-0.39, 0.29) is 12.0 Å². The molecule has 1 N–H and O–H groups in total. The molecule has 1 amide bonds. The van der Waals surface area contributed by atoms with Crippen molar-refractivity contribution < 1.29 is 13.9 Å². The van der Waals surface area contributed by atoms with Crippen LogP contribution in [0.5, 0.6) is 5.75 Å². The number of hydrogen-bond donors (Lipinski definition) is 1. The molecule has 3 nitrogen and oxygen atoms in total. The number of halogens is 2. The number of hydrogen-bond acceptors (Lipinski definition) is 3. The fourth-order valence-corrected chi connectivity index (χ4v) is 3.04. The number of ether oxygens (including phenoxy) is 1. The van der Waals surface area contributed by atoms with Crippen LogP contribution in [-0.2, 0) is 0 Å². The lowest BCUT2D eigenvalue weighted by Gasteiger charge is -2.14. The molecule has 1 aromatic carbocycles. The van der Waals surface area contributed by atoms with Crippen LogP contribution in [0.15, 0.2) is 34.1 Å². The second kappa shape index (κ2) is 6.37. The van der Waals surface area contributed by atoms with Gasteiger partial charge in [0.2, 0.25) is 0 Å². The van der Waals surface area contributed by atoms with Gasteiger partial charge in [0, 0.05) is 10.5 Å². The predicted molar refractivity (Wildman–Crippen MR) is 82.1 cm³/mol. The molecule has 0 aliphatic heterocycles. The van der Waals surface area contributed by atoms with Gasteiger partial charge in [-0.05, 0) is 53.4 Å². The monoisotopic (exact) mass is 357 g/mol. The number of anilines is 1. The molecule has 6 heteroatoms. The topological polar surface area (TPSA) is 38.3 Å². The molecule has 1 heterocycles. The highest BCUT2D eigenvalue weighted by atomic mass is 79.9. The lowest BCUT2D eigenvalue weighted by atomic mass is 10.2. The molecule has 2 rings (SSSR count). The summed E-state index contributed by atoms with van der Waals surface area (Å²) in [7, 11) is 0. The SMILES string of the molecule is CC(C)Oc1ccc(F)cc1NC(=O)c1sccc1Br. The van der Waals surface area contributed by atoms with Gasteiger partial charge in [-0.25, -0.2) is 4.39 Å². The van der Waals surface area contributed by atoms with Crippen LogP contribution in [0.4, 0.5) is 10.1 Å². The molecule has 0 aliphatic rings. The summed E-state index contributed by atoms with van der Waals surface area (Å²) in [6.45, 7) is 3.73. The van der Waals surface area contributed by atoms with E-state index in [1.54, 1.807) is 11.4 Å². The van der Waals surface area contributed by atoms with Crippen molar-refractivity contribution in [2.24, 2.45) is 0 Å². The normalized spacial score (nSPS) is 10.7. The number of amides is 1. The molecule has 0 radical (unpaired) electrons. The van der Waals surface area contributed by atoms with Crippen molar-refractivity contribution in [1.29, 1.82) is 0 Å². The number of benzene rings is 1. The largest absolute Gasteiger partial charge is 0.489 e. The van der Waals surface area contributed by atoms with Gasteiger partial charge in [-0.1, -0.05) is 0 Å². The summed E-state index contributed by atoms with van der Waals surface area (Å²) in [5.41, 5.74) is 0.323. The van der Waals surface area contributed by atoms with Crippen LogP contribution in [0, 0.1) is 5.82 Å². The van der Waals surface area contributed by atoms with E-state index in [2.05, 4.69) is 21.2 Å². The molecule has 0 saturated heterocycles. The van der Waals surface area contributed by atoms with Crippen LogP contribution < -0.4 is 10.1 Å². The van der Waals surface area contributed by atoms with E-state index in [1.165, 1.54) is 29.5 Å². The van der Waals surface area contributed by atoms with E-state index in [0.717, 1.165) is 0 Å². The zero-order valence-electron chi connectivity index (χ0n) is 10.9. The van der Waals surface area contributed by atoms with Gasteiger partial charge in [-0.3, -0.25) is 4.79 Å². The average molecular weight is 358 g/mol. The van der Waals surface area contributed by atoms with E-state index >= 15 is 0 Å². The average Bonchev–Trinajstić information content (AvgIpc) is 2.78. The Balaban J connectivity index is 2.26. The van der Waals surface area contributed by atoms with Crippen molar-refractivity contribution in [2.75, 3.05) is 5.32 Å². The summed E-state index contributed by atoms with van der Waals surface area (Å²) >= 11 is 4.61. The van der Waals surface area contributed by atoms with Crippen molar-refractivity contribution in [3.05, 3.63) is 44.8 Å². The smallest absolute Gasteiger partial charge is 0.266 e. The Bertz CT molecular complexity index is 627. The minimum atomic E-state index is -0.429. The number of thiophene rings is 1.